The Kier molecular flexibility index (Phi) is 6.42. The van der Waals surface area contributed by atoms with Crippen molar-refractivity contribution in [3.8, 4) is 0 Å². The number of carbonyl (C=O) groups is 1. The smallest absolute Gasteiger partial charge is 0.243 e. The van der Waals surface area contributed by atoms with Crippen LogP contribution >= 0.6 is 0 Å². The highest BCUT2D eigenvalue weighted by Crippen LogP contribution is 2.32. The van der Waals surface area contributed by atoms with Crippen LogP contribution in [0, 0.1) is 6.92 Å². The van der Waals surface area contributed by atoms with E-state index >= 15 is 0 Å². The first kappa shape index (κ1) is 21.9. The van der Waals surface area contributed by atoms with E-state index in [1.54, 1.807) is 0 Å². The van der Waals surface area contributed by atoms with Crippen molar-refractivity contribution in [2.45, 2.75) is 63.7 Å². The molecule has 2 aliphatic rings. The Morgan fingerprint density at radius 2 is 2.10 bits per heavy atom. The lowest BCUT2D eigenvalue weighted by Gasteiger charge is -2.38. The first-order valence-corrected chi connectivity index (χ1v) is 11.2. The molecule has 0 bridgehead atoms. The number of nitrogens with two attached hydrogens (primary N) is 2. The summed E-state index contributed by atoms with van der Waals surface area (Å²) in [6.45, 7) is 6.46. The minimum atomic E-state index is -0.492. The lowest BCUT2D eigenvalue weighted by atomic mass is 9.97. The molecule has 2 unspecified atom stereocenters. The van der Waals surface area contributed by atoms with E-state index in [1.807, 2.05) is 35.6 Å². The summed E-state index contributed by atoms with van der Waals surface area (Å²) in [5, 5.41) is 7.93. The number of anilines is 1. The van der Waals surface area contributed by atoms with Gasteiger partial charge < -0.3 is 20.9 Å². The maximum Gasteiger partial charge on any atom is 0.243 e. The van der Waals surface area contributed by atoms with Crippen molar-refractivity contribution in [3.05, 3.63) is 23.5 Å². The third kappa shape index (κ3) is 4.25. The molecule has 2 aromatic heterocycles. The zero-order valence-electron chi connectivity index (χ0n) is 18.7. The van der Waals surface area contributed by atoms with Gasteiger partial charge in [0.15, 0.2) is 5.65 Å². The van der Waals surface area contributed by atoms with Crippen LogP contribution in [0.4, 0.5) is 5.82 Å². The fraction of sp³-hybridized carbons (Fsp3) is 0.667. The summed E-state index contributed by atoms with van der Waals surface area (Å²) >= 11 is 0. The Labute approximate surface area is 183 Å². The molecule has 10 heteroatoms. The molecule has 2 aliphatic heterocycles. The predicted octanol–water partition coefficient (Wildman–Crippen LogP) is 0.0685. The monoisotopic (exact) mass is 429 g/mol. The maximum atomic E-state index is 13.3. The van der Waals surface area contributed by atoms with Crippen LogP contribution in [0.2, 0.25) is 0 Å². The summed E-state index contributed by atoms with van der Waals surface area (Å²) in [6, 6.07) is 1.56. The molecule has 0 aromatic carbocycles. The molecule has 0 spiro atoms. The number of nitrogens with zero attached hydrogens (tertiary/aromatic N) is 5. The second kappa shape index (κ2) is 9.07. The molecule has 2 fully saturated rings. The Balaban J connectivity index is 1.63. The van der Waals surface area contributed by atoms with Crippen LogP contribution in [-0.4, -0.2) is 70.2 Å². The summed E-state index contributed by atoms with van der Waals surface area (Å²) in [5.74, 6) is 6.70. The van der Waals surface area contributed by atoms with E-state index in [9.17, 15) is 4.79 Å². The number of carbonyl (C=O) groups excluding carboxylic acids is 1. The van der Waals surface area contributed by atoms with Gasteiger partial charge in [-0.1, -0.05) is 0 Å². The molecule has 10 nitrogen and oxygen atoms in total. The van der Waals surface area contributed by atoms with Gasteiger partial charge in [0.25, 0.3) is 0 Å². The molecule has 0 radical (unpaired) electrons. The maximum absolute atomic E-state index is 13.3. The number of hydrogen-bond donors (Lipinski definition) is 4. The second-order valence-electron chi connectivity index (χ2n) is 8.88. The van der Waals surface area contributed by atoms with E-state index in [2.05, 4.69) is 22.6 Å². The number of hydrazine groups is 1. The highest BCUT2D eigenvalue weighted by atomic mass is 16.2. The van der Waals surface area contributed by atoms with Crippen molar-refractivity contribution in [1.29, 1.82) is 0 Å². The number of rotatable bonds is 6. The normalized spacial score (nSPS) is 24.0. The van der Waals surface area contributed by atoms with Crippen LogP contribution in [0.1, 0.15) is 49.9 Å². The van der Waals surface area contributed by atoms with Gasteiger partial charge in [0.1, 0.15) is 11.9 Å². The van der Waals surface area contributed by atoms with Crippen molar-refractivity contribution in [3.63, 3.8) is 0 Å². The quantitative estimate of drug-likeness (QED) is 0.375. The zero-order valence-corrected chi connectivity index (χ0v) is 18.7. The van der Waals surface area contributed by atoms with Crippen molar-refractivity contribution in [2.24, 2.45) is 11.6 Å². The third-order valence-electron chi connectivity index (χ3n) is 6.68. The number of amides is 1. The summed E-state index contributed by atoms with van der Waals surface area (Å²) in [4.78, 5) is 22.4. The topological polar surface area (TPSA) is 130 Å². The van der Waals surface area contributed by atoms with Crippen LogP contribution in [0.5, 0.6) is 0 Å². The lowest BCUT2D eigenvalue weighted by molar-refractivity contribution is -0.138. The molecule has 31 heavy (non-hydrogen) atoms. The highest BCUT2D eigenvalue weighted by Gasteiger charge is 2.35. The fourth-order valence-corrected chi connectivity index (χ4v) is 4.76. The molecule has 0 saturated carbocycles. The minimum Gasteiger partial charge on any atom is -0.355 e. The van der Waals surface area contributed by atoms with E-state index in [4.69, 9.17) is 21.7 Å². The third-order valence-corrected chi connectivity index (χ3v) is 6.68. The average Bonchev–Trinajstić information content (AvgIpc) is 3.38. The van der Waals surface area contributed by atoms with E-state index in [-0.39, 0.29) is 24.0 Å². The highest BCUT2D eigenvalue weighted by molar-refractivity contribution is 5.83. The molecule has 4 rings (SSSR count). The Morgan fingerprint density at radius 3 is 2.77 bits per heavy atom. The largest absolute Gasteiger partial charge is 0.355 e. The number of fused-ring (bicyclic) bond motifs is 1. The van der Waals surface area contributed by atoms with Gasteiger partial charge in [-0.25, -0.2) is 14.9 Å². The lowest BCUT2D eigenvalue weighted by Crippen LogP contribution is -2.58. The van der Waals surface area contributed by atoms with Crippen LogP contribution in [0.25, 0.3) is 5.65 Å². The molecular weight excluding hydrogens is 394 g/mol. The van der Waals surface area contributed by atoms with Gasteiger partial charge in [-0.05, 0) is 46.6 Å². The van der Waals surface area contributed by atoms with Crippen LogP contribution in [-0.2, 0) is 4.79 Å². The Morgan fingerprint density at radius 1 is 1.29 bits per heavy atom. The van der Waals surface area contributed by atoms with Gasteiger partial charge >= 0.3 is 0 Å². The SMILES string of the molecule is CNC(C)C(NN)C(=O)N1CCCC[C@H]1c1cc2nc(N3CC[C@H](N)C3)c(C)cn2n1. The van der Waals surface area contributed by atoms with Gasteiger partial charge in [-0.2, -0.15) is 5.10 Å². The zero-order chi connectivity index (χ0) is 22.1. The molecule has 1 amide bonds. The molecule has 2 saturated heterocycles. The van der Waals surface area contributed by atoms with Gasteiger partial charge in [-0.3, -0.25) is 10.6 Å². The van der Waals surface area contributed by atoms with E-state index in [0.29, 0.717) is 6.54 Å². The Hall–Kier alpha value is -2.27. The molecular formula is C21H35N9O. The van der Waals surface area contributed by atoms with Crippen LogP contribution in [0.3, 0.4) is 0 Å². The number of aryl methyl sites for hydroxylation is 1. The van der Waals surface area contributed by atoms with Gasteiger partial charge in [0.2, 0.25) is 5.91 Å². The van der Waals surface area contributed by atoms with E-state index < -0.39 is 6.04 Å². The number of aromatic nitrogens is 3. The van der Waals surface area contributed by atoms with Crippen molar-refractivity contribution >= 4 is 17.4 Å². The summed E-state index contributed by atoms with van der Waals surface area (Å²) in [6.07, 6.45) is 5.93. The van der Waals surface area contributed by atoms with Gasteiger partial charge in [-0.15, -0.1) is 0 Å². The van der Waals surface area contributed by atoms with E-state index in [1.165, 1.54) is 0 Å². The summed E-state index contributed by atoms with van der Waals surface area (Å²) < 4.78 is 1.83. The number of nitrogens with one attached hydrogen (secondary N) is 2. The predicted molar refractivity (Wildman–Crippen MR) is 120 cm³/mol. The summed E-state index contributed by atoms with van der Waals surface area (Å²) in [5.41, 5.74) is 11.5. The summed E-state index contributed by atoms with van der Waals surface area (Å²) in [7, 11) is 1.83. The molecule has 0 aliphatic carbocycles. The van der Waals surface area contributed by atoms with Gasteiger partial charge in [0, 0.05) is 49.5 Å². The first-order chi connectivity index (χ1) is 14.9. The first-order valence-electron chi connectivity index (χ1n) is 11.2. The number of piperidine rings is 1. The standard InChI is InChI=1S/C21H35N9O/c1-13-11-30-18(25-20(13)28-9-7-15(22)12-28)10-16(27-30)17-6-4-5-8-29(17)21(31)19(26-23)14(2)24-3/h10-11,14-15,17,19,24,26H,4-9,12,22-23H2,1-3H3/t14?,15-,17-,19?/m0/s1. The molecule has 170 valence electrons. The van der Waals surface area contributed by atoms with Crippen LogP contribution in [0.15, 0.2) is 12.3 Å². The second-order valence-corrected chi connectivity index (χ2v) is 8.88. The number of hydrogen-bond acceptors (Lipinski definition) is 8. The van der Waals surface area contributed by atoms with Crippen molar-refractivity contribution in [2.75, 3.05) is 31.6 Å². The molecule has 4 heterocycles. The number of likely N-dealkylation sites (N-methyl/N-ethyl adjacent to an activating group) is 1. The van der Waals surface area contributed by atoms with Crippen molar-refractivity contribution < 1.29 is 4.79 Å². The molecule has 6 N–H and O–H groups in total. The van der Waals surface area contributed by atoms with E-state index in [0.717, 1.165) is 61.5 Å². The average molecular weight is 430 g/mol. The fourth-order valence-electron chi connectivity index (χ4n) is 4.76. The Bertz CT molecular complexity index is 929. The number of likely N-dealkylation sites (tertiary alicyclic amines) is 1. The molecule has 4 atom stereocenters. The van der Waals surface area contributed by atoms with Crippen molar-refractivity contribution in [1.82, 2.24) is 30.2 Å². The minimum absolute atomic E-state index is 0.00184. The van der Waals surface area contributed by atoms with Crippen LogP contribution < -0.4 is 27.2 Å². The van der Waals surface area contributed by atoms with Gasteiger partial charge in [0.05, 0.1) is 11.7 Å². The molecule has 2 aromatic rings.